The van der Waals surface area contributed by atoms with Gasteiger partial charge >= 0.3 is 0 Å². The molecule has 0 radical (unpaired) electrons. The Labute approximate surface area is 174 Å². The van der Waals surface area contributed by atoms with E-state index in [-0.39, 0.29) is 30.3 Å². The molecule has 0 aromatic heterocycles. The summed E-state index contributed by atoms with van der Waals surface area (Å²) in [6.45, 7) is 3.50. The van der Waals surface area contributed by atoms with E-state index in [1.807, 2.05) is 24.3 Å². The van der Waals surface area contributed by atoms with Gasteiger partial charge in [-0.25, -0.2) is 0 Å². The fourth-order valence-corrected chi connectivity index (χ4v) is 4.67. The third-order valence-corrected chi connectivity index (χ3v) is 6.21. The second-order valence-electron chi connectivity index (χ2n) is 8.42. The minimum Gasteiger partial charge on any atom is -0.497 e. The van der Waals surface area contributed by atoms with Crippen LogP contribution in [-0.4, -0.2) is 49.0 Å². The van der Waals surface area contributed by atoms with Crippen molar-refractivity contribution in [3.8, 4) is 5.75 Å². The zero-order valence-electron chi connectivity index (χ0n) is 17.8. The van der Waals surface area contributed by atoms with Gasteiger partial charge < -0.3 is 15.4 Å². The normalized spacial score (nSPS) is 21.9. The summed E-state index contributed by atoms with van der Waals surface area (Å²) in [5.41, 5.74) is 0.905. The standard InChI is InChI=1S/C23H35N3O3/c1-17(27)24-22(18-9-11-21(29-2)12-10-18)15-23(28)25-19-13-14-26(16-19)20-7-5-3-4-6-8-20/h9-12,19-20,22H,3-8,13-16H2,1-2H3,(H,24,27)(H,25,28). The van der Waals surface area contributed by atoms with Crippen molar-refractivity contribution in [1.82, 2.24) is 15.5 Å². The molecule has 2 unspecified atom stereocenters. The Morgan fingerprint density at radius 1 is 1.10 bits per heavy atom. The molecule has 6 nitrogen and oxygen atoms in total. The Bertz CT molecular complexity index is 668. The van der Waals surface area contributed by atoms with E-state index in [9.17, 15) is 9.59 Å². The Morgan fingerprint density at radius 3 is 2.41 bits per heavy atom. The molecule has 1 saturated heterocycles. The van der Waals surface area contributed by atoms with Crippen LogP contribution in [0.15, 0.2) is 24.3 Å². The molecule has 29 heavy (non-hydrogen) atoms. The van der Waals surface area contributed by atoms with Crippen LogP contribution in [0.25, 0.3) is 0 Å². The summed E-state index contributed by atoms with van der Waals surface area (Å²) in [6.07, 6.45) is 9.23. The lowest BCUT2D eigenvalue weighted by Crippen LogP contribution is -2.41. The molecule has 0 spiro atoms. The molecule has 1 aromatic rings. The van der Waals surface area contributed by atoms with E-state index in [0.717, 1.165) is 30.8 Å². The van der Waals surface area contributed by atoms with Gasteiger partial charge in [0.25, 0.3) is 0 Å². The topological polar surface area (TPSA) is 70.7 Å². The number of amides is 2. The lowest BCUT2D eigenvalue weighted by molar-refractivity contribution is -0.123. The second-order valence-corrected chi connectivity index (χ2v) is 8.42. The van der Waals surface area contributed by atoms with Gasteiger partial charge in [-0.3, -0.25) is 14.5 Å². The van der Waals surface area contributed by atoms with Gasteiger partial charge in [-0.1, -0.05) is 37.8 Å². The first-order valence-corrected chi connectivity index (χ1v) is 11.0. The maximum absolute atomic E-state index is 12.7. The Hall–Kier alpha value is -2.08. The zero-order valence-corrected chi connectivity index (χ0v) is 17.8. The largest absolute Gasteiger partial charge is 0.497 e. The van der Waals surface area contributed by atoms with E-state index in [1.165, 1.54) is 45.4 Å². The smallest absolute Gasteiger partial charge is 0.222 e. The summed E-state index contributed by atoms with van der Waals surface area (Å²) in [5.74, 6) is 0.607. The second kappa shape index (κ2) is 10.6. The molecular formula is C23H35N3O3. The number of carbonyl (C=O) groups excluding carboxylic acids is 2. The lowest BCUT2D eigenvalue weighted by atomic mass is 10.0. The van der Waals surface area contributed by atoms with Crippen molar-refractivity contribution >= 4 is 11.8 Å². The van der Waals surface area contributed by atoms with Crippen molar-refractivity contribution in [1.29, 1.82) is 0 Å². The third kappa shape index (κ3) is 6.46. The van der Waals surface area contributed by atoms with Crippen LogP contribution in [-0.2, 0) is 9.59 Å². The average Bonchev–Trinajstić information content (AvgIpc) is 2.99. The van der Waals surface area contributed by atoms with Gasteiger partial charge in [-0.2, -0.15) is 0 Å². The molecule has 2 fully saturated rings. The molecule has 1 heterocycles. The molecular weight excluding hydrogens is 366 g/mol. The summed E-state index contributed by atoms with van der Waals surface area (Å²) in [5, 5.41) is 6.11. The summed E-state index contributed by atoms with van der Waals surface area (Å²) < 4.78 is 5.20. The van der Waals surface area contributed by atoms with E-state index in [2.05, 4.69) is 15.5 Å². The molecule has 6 heteroatoms. The number of benzene rings is 1. The van der Waals surface area contributed by atoms with E-state index in [4.69, 9.17) is 4.74 Å². The molecule has 2 atom stereocenters. The maximum atomic E-state index is 12.7. The predicted molar refractivity (Wildman–Crippen MR) is 114 cm³/mol. The molecule has 1 aliphatic carbocycles. The fraction of sp³-hybridized carbons (Fsp3) is 0.652. The van der Waals surface area contributed by atoms with E-state index in [0.29, 0.717) is 6.04 Å². The van der Waals surface area contributed by atoms with E-state index < -0.39 is 0 Å². The first-order chi connectivity index (χ1) is 14.0. The van der Waals surface area contributed by atoms with Crippen LogP contribution in [0.3, 0.4) is 0 Å². The molecule has 3 rings (SSSR count). The van der Waals surface area contributed by atoms with Crippen LogP contribution in [0.5, 0.6) is 5.75 Å². The van der Waals surface area contributed by atoms with Gasteiger partial charge in [0.2, 0.25) is 11.8 Å². The summed E-state index contributed by atoms with van der Waals surface area (Å²) in [7, 11) is 1.62. The minimum absolute atomic E-state index is 0.00714. The van der Waals surface area contributed by atoms with Gasteiger partial charge in [-0.05, 0) is 37.0 Å². The molecule has 1 aliphatic heterocycles. The van der Waals surface area contributed by atoms with Gasteiger partial charge in [0.15, 0.2) is 0 Å². The molecule has 1 aromatic carbocycles. The Morgan fingerprint density at radius 2 is 1.79 bits per heavy atom. The number of methoxy groups -OCH3 is 1. The molecule has 2 N–H and O–H groups in total. The fourth-order valence-electron chi connectivity index (χ4n) is 4.67. The van der Waals surface area contributed by atoms with Crippen LogP contribution >= 0.6 is 0 Å². The number of carbonyl (C=O) groups is 2. The van der Waals surface area contributed by atoms with E-state index >= 15 is 0 Å². The van der Waals surface area contributed by atoms with Crippen LogP contribution in [0, 0.1) is 0 Å². The maximum Gasteiger partial charge on any atom is 0.222 e. The number of likely N-dealkylation sites (tertiary alicyclic amines) is 1. The molecule has 2 aliphatic rings. The summed E-state index contributed by atoms with van der Waals surface area (Å²) in [4.78, 5) is 26.9. The highest BCUT2D eigenvalue weighted by molar-refractivity contribution is 5.79. The lowest BCUT2D eigenvalue weighted by Gasteiger charge is -2.27. The Balaban J connectivity index is 1.53. The number of hydrogen-bond acceptors (Lipinski definition) is 4. The number of rotatable bonds is 7. The van der Waals surface area contributed by atoms with Crippen molar-refractivity contribution in [3.63, 3.8) is 0 Å². The molecule has 160 valence electrons. The molecule has 1 saturated carbocycles. The SMILES string of the molecule is COc1ccc(C(CC(=O)NC2CCN(C3CCCCCC3)C2)NC(C)=O)cc1. The van der Waals surface area contributed by atoms with Crippen molar-refractivity contribution < 1.29 is 14.3 Å². The van der Waals surface area contributed by atoms with Gasteiger partial charge in [-0.15, -0.1) is 0 Å². The highest BCUT2D eigenvalue weighted by Crippen LogP contribution is 2.25. The molecule has 2 amide bonds. The van der Waals surface area contributed by atoms with Crippen LogP contribution < -0.4 is 15.4 Å². The van der Waals surface area contributed by atoms with Gasteiger partial charge in [0, 0.05) is 32.1 Å². The highest BCUT2D eigenvalue weighted by atomic mass is 16.5. The summed E-state index contributed by atoms with van der Waals surface area (Å²) in [6, 6.07) is 8.06. The van der Waals surface area contributed by atoms with Gasteiger partial charge in [0.1, 0.15) is 5.75 Å². The van der Waals surface area contributed by atoms with Gasteiger partial charge in [0.05, 0.1) is 19.6 Å². The monoisotopic (exact) mass is 401 g/mol. The van der Waals surface area contributed by atoms with Crippen molar-refractivity contribution in [2.75, 3.05) is 20.2 Å². The average molecular weight is 402 g/mol. The number of ether oxygens (including phenoxy) is 1. The molecule has 0 bridgehead atoms. The number of hydrogen-bond donors (Lipinski definition) is 2. The van der Waals surface area contributed by atoms with Crippen LogP contribution in [0.1, 0.15) is 69.9 Å². The predicted octanol–water partition coefficient (Wildman–Crippen LogP) is 3.18. The van der Waals surface area contributed by atoms with Crippen LogP contribution in [0.2, 0.25) is 0 Å². The van der Waals surface area contributed by atoms with Crippen molar-refractivity contribution in [2.24, 2.45) is 0 Å². The minimum atomic E-state index is -0.335. The highest BCUT2D eigenvalue weighted by Gasteiger charge is 2.30. The number of nitrogens with zero attached hydrogens (tertiary/aromatic N) is 1. The van der Waals surface area contributed by atoms with Crippen LogP contribution in [0.4, 0.5) is 0 Å². The van der Waals surface area contributed by atoms with E-state index in [1.54, 1.807) is 7.11 Å². The Kier molecular flexibility index (Phi) is 7.92. The first kappa shape index (κ1) is 21.6. The van der Waals surface area contributed by atoms with Crippen molar-refractivity contribution in [2.45, 2.75) is 76.4 Å². The number of nitrogens with one attached hydrogen (secondary N) is 2. The first-order valence-electron chi connectivity index (χ1n) is 11.0. The van der Waals surface area contributed by atoms with Crippen molar-refractivity contribution in [3.05, 3.63) is 29.8 Å². The summed E-state index contributed by atoms with van der Waals surface area (Å²) >= 11 is 0. The third-order valence-electron chi connectivity index (χ3n) is 6.21. The quantitative estimate of drug-likeness (QED) is 0.689. The zero-order chi connectivity index (χ0) is 20.6.